The standard InChI is InChI=1S/C16H22N2O5/c1-11(17-15(21)13-5-3-9-23-13)16(22)18-8-2-4-12(10-18)6-7-14(19)20/h3,5,9,11-12H,2,4,6-8,10H2,1H3,(H,17,21)(H,19,20). The minimum atomic E-state index is -0.812. The molecule has 23 heavy (non-hydrogen) atoms. The van der Waals surface area contributed by atoms with Gasteiger partial charge in [0.1, 0.15) is 6.04 Å². The lowest BCUT2D eigenvalue weighted by molar-refractivity contribution is -0.137. The molecular weight excluding hydrogens is 300 g/mol. The van der Waals surface area contributed by atoms with E-state index in [2.05, 4.69) is 5.32 Å². The predicted molar refractivity (Wildman–Crippen MR) is 81.8 cm³/mol. The summed E-state index contributed by atoms with van der Waals surface area (Å²) in [6.07, 6.45) is 3.89. The lowest BCUT2D eigenvalue weighted by Crippen LogP contribution is -2.50. The summed E-state index contributed by atoms with van der Waals surface area (Å²) < 4.78 is 5.00. The second kappa shape index (κ2) is 7.80. The van der Waals surface area contributed by atoms with Crippen LogP contribution >= 0.6 is 0 Å². The van der Waals surface area contributed by atoms with Gasteiger partial charge in [0, 0.05) is 19.5 Å². The molecule has 2 N–H and O–H groups in total. The van der Waals surface area contributed by atoms with Gasteiger partial charge in [-0.1, -0.05) is 0 Å². The fourth-order valence-electron chi connectivity index (χ4n) is 2.84. The summed E-state index contributed by atoms with van der Waals surface area (Å²) in [7, 11) is 0. The van der Waals surface area contributed by atoms with Gasteiger partial charge in [0.25, 0.3) is 5.91 Å². The summed E-state index contributed by atoms with van der Waals surface area (Å²) in [4.78, 5) is 36.7. The summed E-state index contributed by atoms with van der Waals surface area (Å²) in [5.41, 5.74) is 0. The van der Waals surface area contributed by atoms with Crippen molar-refractivity contribution in [1.82, 2.24) is 10.2 Å². The van der Waals surface area contributed by atoms with Gasteiger partial charge in [-0.3, -0.25) is 14.4 Å². The first-order chi connectivity index (χ1) is 11.0. The molecule has 0 spiro atoms. The van der Waals surface area contributed by atoms with Gasteiger partial charge in [-0.05, 0) is 44.2 Å². The number of rotatable bonds is 6. The first-order valence-electron chi connectivity index (χ1n) is 7.82. The molecule has 2 heterocycles. The number of carboxylic acids is 1. The van der Waals surface area contributed by atoms with E-state index in [4.69, 9.17) is 9.52 Å². The molecule has 1 fully saturated rings. The molecule has 126 valence electrons. The maximum atomic E-state index is 12.5. The van der Waals surface area contributed by atoms with Crippen molar-refractivity contribution in [1.29, 1.82) is 0 Å². The number of likely N-dealkylation sites (tertiary alicyclic amines) is 1. The van der Waals surface area contributed by atoms with Crippen LogP contribution in [0.4, 0.5) is 0 Å². The highest BCUT2D eigenvalue weighted by Gasteiger charge is 2.28. The molecule has 0 saturated carbocycles. The number of carbonyl (C=O) groups excluding carboxylic acids is 2. The number of aliphatic carboxylic acids is 1. The molecule has 0 radical (unpaired) electrons. The Morgan fingerprint density at radius 2 is 2.26 bits per heavy atom. The third-order valence-corrected chi connectivity index (χ3v) is 4.06. The molecule has 2 atom stereocenters. The fourth-order valence-corrected chi connectivity index (χ4v) is 2.84. The molecule has 1 aromatic rings. The number of nitrogens with zero attached hydrogens (tertiary/aromatic N) is 1. The van der Waals surface area contributed by atoms with Crippen LogP contribution in [-0.4, -0.2) is 46.9 Å². The molecule has 1 aliphatic rings. The molecule has 2 unspecified atom stereocenters. The van der Waals surface area contributed by atoms with Crippen molar-refractivity contribution in [2.24, 2.45) is 5.92 Å². The van der Waals surface area contributed by atoms with E-state index in [9.17, 15) is 14.4 Å². The number of amides is 2. The number of hydrogen-bond acceptors (Lipinski definition) is 4. The van der Waals surface area contributed by atoms with Crippen LogP contribution in [0.15, 0.2) is 22.8 Å². The fraction of sp³-hybridized carbons (Fsp3) is 0.562. The monoisotopic (exact) mass is 322 g/mol. The lowest BCUT2D eigenvalue weighted by Gasteiger charge is -2.34. The highest BCUT2D eigenvalue weighted by atomic mass is 16.4. The summed E-state index contributed by atoms with van der Waals surface area (Å²) in [5, 5.41) is 11.4. The van der Waals surface area contributed by atoms with E-state index >= 15 is 0 Å². The Balaban J connectivity index is 1.85. The third kappa shape index (κ3) is 4.84. The Morgan fingerprint density at radius 1 is 1.48 bits per heavy atom. The van der Waals surface area contributed by atoms with Crippen molar-refractivity contribution in [2.45, 2.75) is 38.6 Å². The summed E-state index contributed by atoms with van der Waals surface area (Å²) >= 11 is 0. The van der Waals surface area contributed by atoms with Crippen LogP contribution < -0.4 is 5.32 Å². The van der Waals surface area contributed by atoms with Crippen LogP contribution in [0.3, 0.4) is 0 Å². The topological polar surface area (TPSA) is 99.9 Å². The Hall–Kier alpha value is -2.31. The third-order valence-electron chi connectivity index (χ3n) is 4.06. The average molecular weight is 322 g/mol. The van der Waals surface area contributed by atoms with Crippen LogP contribution in [0, 0.1) is 5.92 Å². The normalized spacial score (nSPS) is 19.2. The van der Waals surface area contributed by atoms with E-state index in [-0.39, 0.29) is 24.0 Å². The van der Waals surface area contributed by atoms with Gasteiger partial charge in [0.2, 0.25) is 5.91 Å². The summed E-state index contributed by atoms with van der Waals surface area (Å²) in [5.74, 6) is -1.01. The largest absolute Gasteiger partial charge is 0.481 e. The van der Waals surface area contributed by atoms with Crippen molar-refractivity contribution in [2.75, 3.05) is 13.1 Å². The van der Waals surface area contributed by atoms with Crippen molar-refractivity contribution in [3.8, 4) is 0 Å². The zero-order valence-corrected chi connectivity index (χ0v) is 13.2. The van der Waals surface area contributed by atoms with Gasteiger partial charge < -0.3 is 19.7 Å². The number of carbonyl (C=O) groups is 3. The molecular formula is C16H22N2O5. The number of nitrogens with one attached hydrogen (secondary N) is 1. The maximum Gasteiger partial charge on any atom is 0.303 e. The zero-order chi connectivity index (χ0) is 16.8. The smallest absolute Gasteiger partial charge is 0.303 e. The second-order valence-electron chi connectivity index (χ2n) is 5.90. The zero-order valence-electron chi connectivity index (χ0n) is 13.2. The van der Waals surface area contributed by atoms with Crippen LogP contribution in [0.25, 0.3) is 0 Å². The maximum absolute atomic E-state index is 12.5. The first-order valence-corrected chi connectivity index (χ1v) is 7.82. The van der Waals surface area contributed by atoms with E-state index in [0.29, 0.717) is 19.5 Å². The van der Waals surface area contributed by atoms with E-state index in [1.807, 2.05) is 0 Å². The molecule has 1 aromatic heterocycles. The minimum Gasteiger partial charge on any atom is -0.481 e. The van der Waals surface area contributed by atoms with E-state index in [0.717, 1.165) is 12.8 Å². The average Bonchev–Trinajstić information content (AvgIpc) is 3.07. The SMILES string of the molecule is CC(NC(=O)c1ccco1)C(=O)N1CCCC(CCC(=O)O)C1. The number of carboxylic acid groups (broad SMARTS) is 1. The van der Waals surface area contributed by atoms with Gasteiger partial charge in [-0.15, -0.1) is 0 Å². The predicted octanol–water partition coefficient (Wildman–Crippen LogP) is 1.50. The molecule has 0 aromatic carbocycles. The molecule has 1 saturated heterocycles. The molecule has 0 bridgehead atoms. The van der Waals surface area contributed by atoms with Crippen LogP contribution in [0.1, 0.15) is 43.2 Å². The van der Waals surface area contributed by atoms with Crippen LogP contribution in [0.2, 0.25) is 0 Å². The van der Waals surface area contributed by atoms with Gasteiger partial charge >= 0.3 is 5.97 Å². The molecule has 0 aliphatic carbocycles. The number of piperidine rings is 1. The first kappa shape index (κ1) is 17.1. The van der Waals surface area contributed by atoms with Gasteiger partial charge in [-0.25, -0.2) is 0 Å². The summed E-state index contributed by atoms with van der Waals surface area (Å²) in [6, 6.07) is 2.50. The molecule has 7 heteroatoms. The van der Waals surface area contributed by atoms with E-state index in [1.165, 1.54) is 12.3 Å². The Bertz CT molecular complexity index is 555. The van der Waals surface area contributed by atoms with Gasteiger partial charge in [0.15, 0.2) is 5.76 Å². The van der Waals surface area contributed by atoms with Crippen molar-refractivity contribution in [3.05, 3.63) is 24.2 Å². The van der Waals surface area contributed by atoms with E-state index < -0.39 is 17.9 Å². The highest BCUT2D eigenvalue weighted by Crippen LogP contribution is 2.21. The van der Waals surface area contributed by atoms with Crippen LogP contribution in [-0.2, 0) is 9.59 Å². The summed E-state index contributed by atoms with van der Waals surface area (Å²) in [6.45, 7) is 2.83. The number of hydrogen-bond donors (Lipinski definition) is 2. The second-order valence-corrected chi connectivity index (χ2v) is 5.90. The Morgan fingerprint density at radius 3 is 2.91 bits per heavy atom. The highest BCUT2D eigenvalue weighted by molar-refractivity contribution is 5.95. The lowest BCUT2D eigenvalue weighted by atomic mass is 9.93. The van der Waals surface area contributed by atoms with Crippen LogP contribution in [0.5, 0.6) is 0 Å². The van der Waals surface area contributed by atoms with Crippen molar-refractivity contribution >= 4 is 17.8 Å². The van der Waals surface area contributed by atoms with E-state index in [1.54, 1.807) is 17.9 Å². The molecule has 1 aliphatic heterocycles. The Kier molecular flexibility index (Phi) is 5.78. The van der Waals surface area contributed by atoms with Crippen molar-refractivity contribution < 1.29 is 23.9 Å². The quantitative estimate of drug-likeness (QED) is 0.827. The van der Waals surface area contributed by atoms with Gasteiger partial charge in [-0.2, -0.15) is 0 Å². The molecule has 2 amide bonds. The Labute approximate surface area is 134 Å². The molecule has 7 nitrogen and oxygen atoms in total. The van der Waals surface area contributed by atoms with Gasteiger partial charge in [0.05, 0.1) is 6.26 Å². The number of furan rings is 1. The van der Waals surface area contributed by atoms with Crippen molar-refractivity contribution in [3.63, 3.8) is 0 Å². The molecule has 2 rings (SSSR count). The minimum absolute atomic E-state index is 0.123.